The van der Waals surface area contributed by atoms with Crippen LogP contribution < -0.4 is 21.3 Å². The lowest BCUT2D eigenvalue weighted by Crippen LogP contribution is -2.40. The molecule has 8 N–H and O–H groups in total. The van der Waals surface area contributed by atoms with Crippen LogP contribution in [0.3, 0.4) is 0 Å². The molecular weight excluding hydrogens is 448 g/mol. The molecule has 0 saturated heterocycles. The van der Waals surface area contributed by atoms with Gasteiger partial charge in [0.2, 0.25) is 20.0 Å². The molecule has 0 bridgehead atoms. The molecule has 1 aliphatic rings. The lowest BCUT2D eigenvalue weighted by atomic mass is 10.00. The minimum absolute atomic E-state index is 0.0561. The van der Waals surface area contributed by atoms with Crippen molar-refractivity contribution in [2.24, 2.45) is 26.1 Å². The second-order valence-electron chi connectivity index (χ2n) is 6.49. The predicted molar refractivity (Wildman–Crippen MR) is 112 cm³/mol. The van der Waals surface area contributed by atoms with Crippen LogP contribution in [0.4, 0.5) is 5.82 Å². The van der Waals surface area contributed by atoms with Gasteiger partial charge in [0.05, 0.1) is 12.2 Å². The average molecular weight is 469 g/mol. The molecule has 0 saturated carbocycles. The predicted octanol–water partition coefficient (Wildman–Crippen LogP) is -1.25. The summed E-state index contributed by atoms with van der Waals surface area (Å²) in [5.74, 6) is 0.137. The normalized spacial score (nSPS) is 15.1. The number of nitrogens with two attached hydrogens (primary N) is 3. The maximum Gasteiger partial charge on any atom is 0.242 e. The van der Waals surface area contributed by atoms with E-state index in [2.05, 4.69) is 24.9 Å². The van der Waals surface area contributed by atoms with E-state index in [1.54, 1.807) is 6.07 Å². The van der Waals surface area contributed by atoms with Crippen molar-refractivity contribution in [2.75, 3.05) is 25.6 Å². The topological polar surface area (TPSA) is 229 Å². The number of nitrogen functional groups attached to an aromatic ring is 1. The molecule has 31 heavy (non-hydrogen) atoms. The number of rotatable bonds is 8. The second kappa shape index (κ2) is 8.74. The Hall–Kier alpha value is -2.82. The van der Waals surface area contributed by atoms with E-state index in [1.807, 2.05) is 0 Å². The number of aliphatic hydroxyl groups is 1. The van der Waals surface area contributed by atoms with Crippen LogP contribution in [-0.2, 0) is 20.0 Å². The monoisotopic (exact) mass is 468 g/mol. The summed E-state index contributed by atoms with van der Waals surface area (Å²) in [7, 11) is -9.00. The molecule has 1 aromatic carbocycles. The number of aromatic nitrogens is 1. The lowest BCUT2D eigenvalue weighted by Gasteiger charge is -2.18. The molecule has 13 nitrogen and oxygen atoms in total. The van der Waals surface area contributed by atoms with Crippen LogP contribution in [0, 0.1) is 0 Å². The first-order valence-corrected chi connectivity index (χ1v) is 11.8. The van der Waals surface area contributed by atoms with Gasteiger partial charge in [-0.05, 0) is 23.8 Å². The fraction of sp³-hybridized carbons (Fsp3) is 0.250. The molecule has 0 fully saturated rings. The van der Waals surface area contributed by atoms with E-state index in [-0.39, 0.29) is 36.0 Å². The molecular formula is C16H20N8O5S2. The van der Waals surface area contributed by atoms with E-state index < -0.39 is 42.5 Å². The van der Waals surface area contributed by atoms with Gasteiger partial charge in [0, 0.05) is 24.3 Å². The molecule has 2 aromatic rings. The number of pyridine rings is 1. The number of nitrogens with one attached hydrogen (secondary N) is 1. The number of azo groups is 1. The number of hydrogen-bond donors (Lipinski definition) is 5. The van der Waals surface area contributed by atoms with Gasteiger partial charge in [0.15, 0.2) is 12.5 Å². The zero-order chi connectivity index (χ0) is 22.8. The Morgan fingerprint density at radius 2 is 1.90 bits per heavy atom. The summed E-state index contributed by atoms with van der Waals surface area (Å²) < 4.78 is 53.1. The molecule has 0 radical (unpaired) electrons. The van der Waals surface area contributed by atoms with Crippen molar-refractivity contribution in [3.63, 3.8) is 0 Å². The van der Waals surface area contributed by atoms with Crippen LogP contribution in [-0.4, -0.2) is 58.6 Å². The number of aliphatic hydroxyl groups excluding tert-OH is 1. The SMILES string of the molecule is Nc1ccc(-c2ccc(S(=O)(=O)NC[C@@H](N)CO)c(S(N)(=O)=O)c2C2=NCN=N2)cn1. The third-order valence-electron chi connectivity index (χ3n) is 4.24. The highest BCUT2D eigenvalue weighted by molar-refractivity contribution is 7.92. The Kier molecular flexibility index (Phi) is 6.44. The van der Waals surface area contributed by atoms with Crippen molar-refractivity contribution >= 4 is 31.7 Å². The highest BCUT2D eigenvalue weighted by Crippen LogP contribution is 2.34. The molecule has 166 valence electrons. The maximum atomic E-state index is 12.9. The van der Waals surface area contributed by atoms with Crippen molar-refractivity contribution in [1.82, 2.24) is 9.71 Å². The van der Waals surface area contributed by atoms with E-state index in [0.717, 1.165) is 6.07 Å². The van der Waals surface area contributed by atoms with Crippen LogP contribution in [0.15, 0.2) is 55.5 Å². The fourth-order valence-corrected chi connectivity index (χ4v) is 5.50. The van der Waals surface area contributed by atoms with Gasteiger partial charge in [-0.25, -0.2) is 36.7 Å². The van der Waals surface area contributed by atoms with E-state index in [0.29, 0.717) is 5.56 Å². The first-order chi connectivity index (χ1) is 14.5. The first-order valence-electron chi connectivity index (χ1n) is 8.74. The summed E-state index contributed by atoms with van der Waals surface area (Å²) in [6.07, 6.45) is 1.39. The standard InChI is InChI=1S/C16H20N8O5S2/c17-10(7-25)6-23-31(28,29)12-3-2-11(9-1-4-13(18)20-5-9)14(15(12)30(19,26)27)16-21-8-22-24-16/h1-5,10,23,25H,6-8,17H2,(H2,18,20)(H2,19,26,27)/t10-/m1/s1. The van der Waals surface area contributed by atoms with Crippen LogP contribution in [0.1, 0.15) is 5.56 Å². The molecule has 1 atom stereocenters. The van der Waals surface area contributed by atoms with E-state index >= 15 is 0 Å². The van der Waals surface area contributed by atoms with Gasteiger partial charge < -0.3 is 16.6 Å². The molecule has 15 heteroatoms. The summed E-state index contributed by atoms with van der Waals surface area (Å²) in [6.45, 7) is -0.863. The third kappa shape index (κ3) is 4.92. The molecule has 3 rings (SSSR count). The fourth-order valence-electron chi connectivity index (χ4n) is 2.80. The molecule has 1 aliphatic heterocycles. The minimum Gasteiger partial charge on any atom is -0.395 e. The Morgan fingerprint density at radius 3 is 2.45 bits per heavy atom. The molecule has 0 amide bonds. The summed E-state index contributed by atoms with van der Waals surface area (Å²) in [6, 6.07) is 4.66. The molecule has 0 aliphatic carbocycles. The summed E-state index contributed by atoms with van der Waals surface area (Å²) in [5, 5.41) is 22.0. The largest absolute Gasteiger partial charge is 0.395 e. The lowest BCUT2D eigenvalue weighted by molar-refractivity contribution is 0.266. The molecule has 2 heterocycles. The average Bonchev–Trinajstić information content (AvgIpc) is 3.25. The van der Waals surface area contributed by atoms with Gasteiger partial charge in [-0.2, -0.15) is 5.11 Å². The minimum atomic E-state index is -4.59. The van der Waals surface area contributed by atoms with Crippen LogP contribution >= 0.6 is 0 Å². The quantitative estimate of drug-likeness (QED) is 0.313. The molecule has 0 unspecified atom stereocenters. The number of hydrogen-bond acceptors (Lipinski definition) is 11. The summed E-state index contributed by atoms with van der Waals surface area (Å²) >= 11 is 0. The molecule has 0 spiro atoms. The van der Waals surface area contributed by atoms with E-state index in [4.69, 9.17) is 21.7 Å². The van der Waals surface area contributed by atoms with Gasteiger partial charge in [-0.1, -0.05) is 6.07 Å². The van der Waals surface area contributed by atoms with Gasteiger partial charge in [-0.15, -0.1) is 5.11 Å². The molecule has 1 aromatic heterocycles. The van der Waals surface area contributed by atoms with Crippen molar-refractivity contribution in [1.29, 1.82) is 0 Å². The summed E-state index contributed by atoms with van der Waals surface area (Å²) in [4.78, 5) is 6.70. The van der Waals surface area contributed by atoms with Crippen LogP contribution in [0.2, 0.25) is 0 Å². The Bertz CT molecular complexity index is 1260. The van der Waals surface area contributed by atoms with E-state index in [9.17, 15) is 16.8 Å². The number of nitrogens with zero attached hydrogens (tertiary/aromatic N) is 4. The maximum absolute atomic E-state index is 12.9. The smallest absolute Gasteiger partial charge is 0.242 e. The number of sulfonamides is 2. The number of anilines is 1. The Labute approximate surface area is 178 Å². The van der Waals surface area contributed by atoms with Crippen LogP contribution in [0.25, 0.3) is 11.1 Å². The van der Waals surface area contributed by atoms with Crippen molar-refractivity contribution < 1.29 is 21.9 Å². The van der Waals surface area contributed by atoms with Gasteiger partial charge in [0.1, 0.15) is 15.6 Å². The number of primary sulfonamides is 1. The Morgan fingerprint density at radius 1 is 1.16 bits per heavy atom. The highest BCUT2D eigenvalue weighted by Gasteiger charge is 2.32. The van der Waals surface area contributed by atoms with E-state index in [1.165, 1.54) is 18.3 Å². The van der Waals surface area contributed by atoms with Crippen molar-refractivity contribution in [3.8, 4) is 11.1 Å². The Balaban J connectivity index is 2.31. The zero-order valence-electron chi connectivity index (χ0n) is 16.0. The highest BCUT2D eigenvalue weighted by atomic mass is 32.2. The second-order valence-corrected chi connectivity index (χ2v) is 9.72. The van der Waals surface area contributed by atoms with Gasteiger partial charge in [0.25, 0.3) is 0 Å². The van der Waals surface area contributed by atoms with Crippen molar-refractivity contribution in [3.05, 3.63) is 36.0 Å². The van der Waals surface area contributed by atoms with Gasteiger partial charge >= 0.3 is 0 Å². The first kappa shape index (κ1) is 22.9. The zero-order valence-corrected chi connectivity index (χ0v) is 17.6. The van der Waals surface area contributed by atoms with Gasteiger partial charge in [-0.3, -0.25) is 0 Å². The number of aliphatic imine (C=N–C) groups is 1. The van der Waals surface area contributed by atoms with Crippen molar-refractivity contribution in [2.45, 2.75) is 15.8 Å². The number of benzene rings is 1. The summed E-state index contributed by atoms with van der Waals surface area (Å²) in [5.41, 5.74) is 11.7. The number of amidine groups is 1. The van der Waals surface area contributed by atoms with Crippen LogP contribution in [0.5, 0.6) is 0 Å². The third-order valence-corrected chi connectivity index (χ3v) is 6.82.